The van der Waals surface area contributed by atoms with Crippen molar-refractivity contribution in [2.24, 2.45) is 23.7 Å². The molecule has 1 aliphatic heterocycles. The summed E-state index contributed by atoms with van der Waals surface area (Å²) in [4.78, 5) is 40.9. The maximum Gasteiger partial charge on any atom is 0.257 e. The summed E-state index contributed by atoms with van der Waals surface area (Å²) in [6.45, 7) is 6.00. The Morgan fingerprint density at radius 1 is 0.967 bits per heavy atom. The van der Waals surface area contributed by atoms with Gasteiger partial charge in [0.15, 0.2) is 0 Å². The third-order valence-electron chi connectivity index (χ3n) is 6.75. The molecule has 3 aliphatic rings. The SMILES string of the molecule is CC1=C[C@@H]2C[C@H]1[C@H]1C(=O)N(c3ccccc3C(=O)Nc3cc(C)cc(C)c3)C(=O)[C@@H]12. The molecule has 4 atom stereocenters. The fourth-order valence-corrected chi connectivity index (χ4v) is 5.62. The van der Waals surface area contributed by atoms with E-state index in [0.29, 0.717) is 16.9 Å². The van der Waals surface area contributed by atoms with Gasteiger partial charge < -0.3 is 5.32 Å². The molecule has 2 aromatic carbocycles. The van der Waals surface area contributed by atoms with Gasteiger partial charge in [0.25, 0.3) is 5.91 Å². The van der Waals surface area contributed by atoms with Crippen LogP contribution < -0.4 is 10.2 Å². The summed E-state index contributed by atoms with van der Waals surface area (Å²) in [7, 11) is 0. The molecular formula is C25H24N2O3. The molecule has 3 amide bonds. The Hall–Kier alpha value is -3.21. The lowest BCUT2D eigenvalue weighted by molar-refractivity contribution is -0.123. The van der Waals surface area contributed by atoms with E-state index in [0.717, 1.165) is 17.5 Å². The van der Waals surface area contributed by atoms with E-state index < -0.39 is 0 Å². The average molecular weight is 400 g/mol. The molecule has 0 aromatic heterocycles. The van der Waals surface area contributed by atoms with Crippen LogP contribution in [0.1, 0.15) is 34.8 Å². The minimum atomic E-state index is -0.328. The summed E-state index contributed by atoms with van der Waals surface area (Å²) in [5.41, 5.74) is 4.71. The third kappa shape index (κ3) is 2.72. The Morgan fingerprint density at radius 3 is 2.37 bits per heavy atom. The van der Waals surface area contributed by atoms with Crippen LogP contribution in [-0.4, -0.2) is 17.7 Å². The monoisotopic (exact) mass is 400 g/mol. The highest BCUT2D eigenvalue weighted by molar-refractivity contribution is 6.25. The van der Waals surface area contributed by atoms with Crippen molar-refractivity contribution < 1.29 is 14.4 Å². The highest BCUT2D eigenvalue weighted by Crippen LogP contribution is 2.56. The molecule has 2 aliphatic carbocycles. The van der Waals surface area contributed by atoms with E-state index in [1.807, 2.05) is 39.0 Å². The van der Waals surface area contributed by atoms with Crippen molar-refractivity contribution in [3.63, 3.8) is 0 Å². The molecule has 5 rings (SSSR count). The molecule has 0 unspecified atom stereocenters. The van der Waals surface area contributed by atoms with Crippen molar-refractivity contribution in [2.45, 2.75) is 27.2 Å². The number of aryl methyl sites for hydroxylation is 2. The molecule has 5 heteroatoms. The van der Waals surface area contributed by atoms with Gasteiger partial charge in [-0.2, -0.15) is 0 Å². The van der Waals surface area contributed by atoms with E-state index in [1.54, 1.807) is 24.3 Å². The number of hydrogen-bond donors (Lipinski definition) is 1. The first-order valence-electron chi connectivity index (χ1n) is 10.4. The van der Waals surface area contributed by atoms with E-state index >= 15 is 0 Å². The van der Waals surface area contributed by atoms with Gasteiger partial charge in [0.05, 0.1) is 23.1 Å². The third-order valence-corrected chi connectivity index (χ3v) is 6.75. The van der Waals surface area contributed by atoms with Crippen LogP contribution in [-0.2, 0) is 9.59 Å². The molecule has 2 fully saturated rings. The zero-order chi connectivity index (χ0) is 21.2. The van der Waals surface area contributed by atoms with Gasteiger partial charge in [-0.3, -0.25) is 14.4 Å². The van der Waals surface area contributed by atoms with Gasteiger partial charge in [0.1, 0.15) is 0 Å². The van der Waals surface area contributed by atoms with Crippen molar-refractivity contribution in [3.05, 3.63) is 70.8 Å². The van der Waals surface area contributed by atoms with Crippen LogP contribution in [0.3, 0.4) is 0 Å². The number of para-hydroxylation sites is 1. The van der Waals surface area contributed by atoms with Gasteiger partial charge >= 0.3 is 0 Å². The number of benzene rings is 2. The number of hydrogen-bond acceptors (Lipinski definition) is 3. The summed E-state index contributed by atoms with van der Waals surface area (Å²) >= 11 is 0. The first-order valence-corrected chi connectivity index (χ1v) is 10.4. The minimum absolute atomic E-state index is 0.137. The van der Waals surface area contributed by atoms with Crippen molar-refractivity contribution in [1.29, 1.82) is 0 Å². The number of allylic oxidation sites excluding steroid dienone is 2. The molecular weight excluding hydrogens is 376 g/mol. The largest absolute Gasteiger partial charge is 0.322 e. The Balaban J connectivity index is 1.48. The molecule has 152 valence electrons. The molecule has 30 heavy (non-hydrogen) atoms. The van der Waals surface area contributed by atoms with Crippen LogP contribution >= 0.6 is 0 Å². The van der Waals surface area contributed by atoms with E-state index in [-0.39, 0.29) is 41.4 Å². The van der Waals surface area contributed by atoms with Crippen LogP contribution in [0.25, 0.3) is 0 Å². The molecule has 1 saturated heterocycles. The second kappa shape index (κ2) is 6.66. The predicted molar refractivity (Wildman–Crippen MR) is 115 cm³/mol. The number of amides is 3. The molecule has 5 nitrogen and oxygen atoms in total. The Kier molecular flexibility index (Phi) is 4.17. The first-order chi connectivity index (χ1) is 14.3. The summed E-state index contributed by atoms with van der Waals surface area (Å²) < 4.78 is 0. The van der Waals surface area contributed by atoms with E-state index in [4.69, 9.17) is 0 Å². The standard InChI is InChI=1S/C25H24N2O3/c1-13-8-14(2)10-17(9-13)26-23(28)18-6-4-5-7-20(18)27-24(29)21-16-11-15(3)19(12-16)22(21)25(27)30/h4-11,16,19,21-22H,12H2,1-3H3,(H,26,28)/t16-,19-,21-,22-/m1/s1. The number of anilines is 2. The molecule has 0 radical (unpaired) electrons. The summed E-state index contributed by atoms with van der Waals surface area (Å²) in [6.07, 6.45) is 3.04. The Bertz CT molecular complexity index is 1110. The number of carbonyl (C=O) groups is 3. The maximum atomic E-state index is 13.3. The number of fused-ring (bicyclic) bond motifs is 5. The molecule has 2 aromatic rings. The normalized spacial score (nSPS) is 26.8. The van der Waals surface area contributed by atoms with Gasteiger partial charge in [0.2, 0.25) is 11.8 Å². The average Bonchev–Trinajstić information content (AvgIpc) is 3.31. The lowest BCUT2D eigenvalue weighted by Gasteiger charge is -2.20. The number of carbonyl (C=O) groups excluding carboxylic acids is 3. The van der Waals surface area contributed by atoms with Crippen molar-refractivity contribution >= 4 is 29.1 Å². The summed E-state index contributed by atoms with van der Waals surface area (Å²) in [6, 6.07) is 12.7. The van der Waals surface area contributed by atoms with Crippen molar-refractivity contribution in [3.8, 4) is 0 Å². The number of imide groups is 1. The van der Waals surface area contributed by atoms with Gasteiger partial charge in [0, 0.05) is 5.69 Å². The van der Waals surface area contributed by atoms with E-state index in [1.165, 1.54) is 10.5 Å². The van der Waals surface area contributed by atoms with E-state index in [9.17, 15) is 14.4 Å². The van der Waals surface area contributed by atoms with E-state index in [2.05, 4.69) is 11.4 Å². The fourth-order valence-electron chi connectivity index (χ4n) is 5.62. The topological polar surface area (TPSA) is 66.5 Å². The highest BCUT2D eigenvalue weighted by Gasteiger charge is 2.61. The predicted octanol–water partition coefficient (Wildman–Crippen LogP) is 4.26. The number of rotatable bonds is 3. The van der Waals surface area contributed by atoms with Gasteiger partial charge in [-0.15, -0.1) is 0 Å². The number of nitrogens with one attached hydrogen (secondary N) is 1. The van der Waals surface area contributed by atoms with Gasteiger partial charge in [-0.25, -0.2) is 4.90 Å². The first kappa shape index (κ1) is 18.8. The molecule has 1 saturated carbocycles. The smallest absolute Gasteiger partial charge is 0.257 e. The zero-order valence-electron chi connectivity index (χ0n) is 17.3. The molecule has 1 N–H and O–H groups in total. The Morgan fingerprint density at radius 2 is 1.63 bits per heavy atom. The van der Waals surface area contributed by atoms with Gasteiger partial charge in [-0.05, 0) is 74.4 Å². The minimum Gasteiger partial charge on any atom is -0.322 e. The van der Waals surface area contributed by atoms with Crippen molar-refractivity contribution in [1.82, 2.24) is 0 Å². The van der Waals surface area contributed by atoms with Crippen LogP contribution in [0.4, 0.5) is 11.4 Å². The van der Waals surface area contributed by atoms with Crippen LogP contribution in [0.15, 0.2) is 54.1 Å². The molecule has 2 bridgehead atoms. The van der Waals surface area contributed by atoms with Crippen LogP contribution in [0.5, 0.6) is 0 Å². The fraction of sp³-hybridized carbons (Fsp3) is 0.320. The van der Waals surface area contributed by atoms with Crippen LogP contribution in [0, 0.1) is 37.5 Å². The second-order valence-electron chi connectivity index (χ2n) is 8.83. The number of nitrogens with zero attached hydrogens (tertiary/aromatic N) is 1. The lowest BCUT2D eigenvalue weighted by atomic mass is 9.82. The Labute approximate surface area is 175 Å². The van der Waals surface area contributed by atoms with Gasteiger partial charge in [-0.1, -0.05) is 29.8 Å². The van der Waals surface area contributed by atoms with Crippen LogP contribution in [0.2, 0.25) is 0 Å². The second-order valence-corrected chi connectivity index (χ2v) is 8.83. The molecule has 1 heterocycles. The summed E-state index contributed by atoms with van der Waals surface area (Å²) in [5, 5.41) is 2.92. The summed E-state index contributed by atoms with van der Waals surface area (Å²) in [5.74, 6) is -0.963. The maximum absolute atomic E-state index is 13.3. The lowest BCUT2D eigenvalue weighted by Crippen LogP contribution is -2.34. The highest BCUT2D eigenvalue weighted by atomic mass is 16.2. The quantitative estimate of drug-likeness (QED) is 0.618. The van der Waals surface area contributed by atoms with Crippen molar-refractivity contribution in [2.75, 3.05) is 10.2 Å². The molecule has 0 spiro atoms. The zero-order valence-corrected chi connectivity index (χ0v) is 17.3.